The summed E-state index contributed by atoms with van der Waals surface area (Å²) in [5.74, 6) is 2.36. The summed E-state index contributed by atoms with van der Waals surface area (Å²) in [4.78, 5) is 0. The molecule has 2 aliphatic rings. The van der Waals surface area contributed by atoms with Crippen LogP contribution in [0.2, 0.25) is 0 Å². The first-order valence-electron chi connectivity index (χ1n) is 6.98. The lowest BCUT2D eigenvalue weighted by molar-refractivity contribution is 0.209. The van der Waals surface area contributed by atoms with Gasteiger partial charge >= 0.3 is 0 Å². The van der Waals surface area contributed by atoms with Crippen molar-refractivity contribution in [3.8, 4) is 0 Å². The Bertz CT molecular complexity index is 344. The van der Waals surface area contributed by atoms with Gasteiger partial charge in [-0.3, -0.25) is 0 Å². The molecule has 17 heavy (non-hydrogen) atoms. The van der Waals surface area contributed by atoms with Crippen molar-refractivity contribution in [2.75, 3.05) is 11.5 Å². The maximum absolute atomic E-state index is 11.5. The van der Waals surface area contributed by atoms with Gasteiger partial charge in [0.15, 0.2) is 9.84 Å². The quantitative estimate of drug-likeness (QED) is 0.843. The molecule has 0 aromatic heterocycles. The molecule has 0 aromatic rings. The van der Waals surface area contributed by atoms with Crippen LogP contribution in [-0.2, 0) is 9.84 Å². The Kier molecular flexibility index (Phi) is 4.14. The minimum Gasteiger partial charge on any atom is -0.327 e. The second kappa shape index (κ2) is 5.27. The molecule has 2 unspecified atom stereocenters. The van der Waals surface area contributed by atoms with Gasteiger partial charge in [0.1, 0.15) is 0 Å². The van der Waals surface area contributed by atoms with E-state index < -0.39 is 9.84 Å². The van der Waals surface area contributed by atoms with E-state index in [0.29, 0.717) is 17.4 Å². The average molecular weight is 259 g/mol. The molecule has 100 valence electrons. The summed E-state index contributed by atoms with van der Waals surface area (Å²) in [7, 11) is -2.77. The Balaban J connectivity index is 1.87. The molecule has 0 radical (unpaired) electrons. The van der Waals surface area contributed by atoms with Crippen LogP contribution in [0.4, 0.5) is 0 Å². The smallest absolute Gasteiger partial charge is 0.150 e. The number of hydrogen-bond acceptors (Lipinski definition) is 3. The second-order valence-corrected chi connectivity index (χ2v) is 8.16. The predicted octanol–water partition coefficient (Wildman–Crippen LogP) is 1.96. The average Bonchev–Trinajstić information content (AvgIpc) is 2.69. The van der Waals surface area contributed by atoms with Crippen LogP contribution in [0, 0.1) is 17.8 Å². The maximum atomic E-state index is 11.5. The molecule has 2 rings (SSSR count). The summed E-state index contributed by atoms with van der Waals surface area (Å²) in [5.41, 5.74) is 6.30. The Labute approximate surface area is 105 Å². The summed E-state index contributed by atoms with van der Waals surface area (Å²) >= 11 is 0. The van der Waals surface area contributed by atoms with Crippen molar-refractivity contribution < 1.29 is 8.42 Å². The van der Waals surface area contributed by atoms with E-state index in [1.165, 1.54) is 32.1 Å². The summed E-state index contributed by atoms with van der Waals surface area (Å²) in [6, 6.07) is 0.116. The molecule has 0 amide bonds. The zero-order chi connectivity index (χ0) is 12.5. The van der Waals surface area contributed by atoms with Crippen LogP contribution >= 0.6 is 0 Å². The monoisotopic (exact) mass is 259 g/mol. The minimum absolute atomic E-state index is 0.116. The van der Waals surface area contributed by atoms with Crippen molar-refractivity contribution in [2.24, 2.45) is 23.5 Å². The van der Waals surface area contributed by atoms with Crippen molar-refractivity contribution in [1.82, 2.24) is 0 Å². The SMILES string of the molecule is CCC1CCC(C(N)C2CCS(=O)(=O)C2)CC1. The van der Waals surface area contributed by atoms with Gasteiger partial charge in [-0.05, 0) is 37.0 Å². The molecule has 0 aromatic carbocycles. The Hall–Kier alpha value is -0.0900. The van der Waals surface area contributed by atoms with Gasteiger partial charge in [0.25, 0.3) is 0 Å². The Morgan fingerprint density at radius 1 is 1.12 bits per heavy atom. The first-order chi connectivity index (χ1) is 8.02. The normalized spacial score (nSPS) is 39.1. The van der Waals surface area contributed by atoms with Crippen molar-refractivity contribution in [3.05, 3.63) is 0 Å². The Morgan fingerprint density at radius 2 is 1.76 bits per heavy atom. The second-order valence-electron chi connectivity index (χ2n) is 5.93. The largest absolute Gasteiger partial charge is 0.327 e. The summed E-state index contributed by atoms with van der Waals surface area (Å²) in [6.45, 7) is 2.26. The van der Waals surface area contributed by atoms with Crippen molar-refractivity contribution >= 4 is 9.84 Å². The zero-order valence-corrected chi connectivity index (χ0v) is 11.6. The zero-order valence-electron chi connectivity index (χ0n) is 10.8. The van der Waals surface area contributed by atoms with E-state index in [1.807, 2.05) is 0 Å². The summed E-state index contributed by atoms with van der Waals surface area (Å²) in [5, 5.41) is 0. The molecule has 1 saturated carbocycles. The van der Waals surface area contributed by atoms with Gasteiger partial charge < -0.3 is 5.73 Å². The van der Waals surface area contributed by atoms with Gasteiger partial charge in [-0.1, -0.05) is 26.2 Å². The maximum Gasteiger partial charge on any atom is 0.150 e. The summed E-state index contributed by atoms with van der Waals surface area (Å²) < 4.78 is 22.9. The van der Waals surface area contributed by atoms with E-state index in [1.54, 1.807) is 0 Å². The molecule has 1 heterocycles. The van der Waals surface area contributed by atoms with Crippen LogP contribution in [0.25, 0.3) is 0 Å². The highest BCUT2D eigenvalue weighted by Gasteiger charge is 2.36. The Morgan fingerprint density at radius 3 is 2.24 bits per heavy atom. The van der Waals surface area contributed by atoms with E-state index in [9.17, 15) is 8.42 Å². The molecule has 0 spiro atoms. The lowest BCUT2D eigenvalue weighted by Crippen LogP contribution is -2.40. The van der Waals surface area contributed by atoms with Gasteiger partial charge in [0, 0.05) is 6.04 Å². The molecule has 4 heteroatoms. The van der Waals surface area contributed by atoms with E-state index >= 15 is 0 Å². The molecule has 2 fully saturated rings. The van der Waals surface area contributed by atoms with Crippen molar-refractivity contribution in [3.63, 3.8) is 0 Å². The van der Waals surface area contributed by atoms with E-state index in [2.05, 4.69) is 6.92 Å². The number of sulfone groups is 1. The van der Waals surface area contributed by atoms with Crippen molar-refractivity contribution in [2.45, 2.75) is 51.5 Å². The molecule has 1 aliphatic carbocycles. The third-order valence-corrected chi connectivity index (χ3v) is 6.62. The van der Waals surface area contributed by atoms with Gasteiger partial charge in [-0.15, -0.1) is 0 Å². The van der Waals surface area contributed by atoms with E-state index in [-0.39, 0.29) is 12.0 Å². The fraction of sp³-hybridized carbons (Fsp3) is 1.00. The third kappa shape index (κ3) is 3.22. The minimum atomic E-state index is -2.77. The number of rotatable bonds is 3. The molecule has 3 nitrogen and oxygen atoms in total. The van der Waals surface area contributed by atoms with Crippen LogP contribution in [0.15, 0.2) is 0 Å². The van der Waals surface area contributed by atoms with Crippen LogP contribution < -0.4 is 5.73 Å². The highest BCUT2D eigenvalue weighted by atomic mass is 32.2. The number of hydrogen-bond donors (Lipinski definition) is 1. The van der Waals surface area contributed by atoms with Crippen LogP contribution in [-0.4, -0.2) is 26.0 Å². The van der Waals surface area contributed by atoms with Gasteiger partial charge in [-0.2, -0.15) is 0 Å². The number of nitrogens with two attached hydrogens (primary N) is 1. The predicted molar refractivity (Wildman–Crippen MR) is 70.5 cm³/mol. The van der Waals surface area contributed by atoms with Crippen molar-refractivity contribution in [1.29, 1.82) is 0 Å². The first kappa shape index (κ1) is 13.3. The molecule has 1 saturated heterocycles. The summed E-state index contributed by atoms with van der Waals surface area (Å²) in [6.07, 6.45) is 7.05. The molecule has 2 atom stereocenters. The highest BCUT2D eigenvalue weighted by Crippen LogP contribution is 2.35. The lowest BCUT2D eigenvalue weighted by Gasteiger charge is -2.34. The lowest BCUT2D eigenvalue weighted by atomic mass is 9.74. The van der Waals surface area contributed by atoms with Gasteiger partial charge in [0.05, 0.1) is 11.5 Å². The van der Waals surface area contributed by atoms with Gasteiger partial charge in [0.2, 0.25) is 0 Å². The van der Waals surface area contributed by atoms with Crippen LogP contribution in [0.1, 0.15) is 45.4 Å². The molecule has 2 N–H and O–H groups in total. The molecular weight excluding hydrogens is 234 g/mol. The first-order valence-corrected chi connectivity index (χ1v) is 8.80. The molecule has 1 aliphatic heterocycles. The fourth-order valence-corrected chi connectivity index (χ4v) is 5.36. The van der Waals surface area contributed by atoms with E-state index in [4.69, 9.17) is 5.73 Å². The van der Waals surface area contributed by atoms with Crippen LogP contribution in [0.5, 0.6) is 0 Å². The molecular formula is C13H25NO2S. The highest BCUT2D eigenvalue weighted by molar-refractivity contribution is 7.91. The van der Waals surface area contributed by atoms with Gasteiger partial charge in [-0.25, -0.2) is 8.42 Å². The third-order valence-electron chi connectivity index (χ3n) is 4.83. The standard InChI is InChI=1S/C13H25NO2S/c1-2-10-3-5-11(6-4-10)13(14)12-7-8-17(15,16)9-12/h10-13H,2-9,14H2,1H3. The van der Waals surface area contributed by atoms with E-state index in [0.717, 1.165) is 12.3 Å². The fourth-order valence-electron chi connectivity index (χ4n) is 3.49. The molecule has 0 bridgehead atoms. The topological polar surface area (TPSA) is 60.2 Å². The van der Waals surface area contributed by atoms with Crippen LogP contribution in [0.3, 0.4) is 0 Å².